The van der Waals surface area contributed by atoms with Crippen LogP contribution in [0.4, 0.5) is 0 Å². The summed E-state index contributed by atoms with van der Waals surface area (Å²) in [7, 11) is 4.17. The minimum Gasteiger partial charge on any atom is -0.391 e. The molecule has 1 N–H and O–H groups in total. The topological polar surface area (TPSA) is 36.4 Å². The number of aliphatic hydroxyl groups is 1. The van der Waals surface area contributed by atoms with Gasteiger partial charge in [0, 0.05) is 28.3 Å². The van der Waals surface area contributed by atoms with Gasteiger partial charge in [-0.2, -0.15) is 0 Å². The molecule has 0 spiro atoms. The van der Waals surface area contributed by atoms with Crippen molar-refractivity contribution in [2.75, 3.05) is 14.1 Å². The highest BCUT2D eigenvalue weighted by Crippen LogP contribution is 2.36. The van der Waals surface area contributed by atoms with Gasteiger partial charge in [-0.1, -0.05) is 19.3 Å². The van der Waals surface area contributed by atoms with Crippen molar-refractivity contribution in [3.8, 4) is 0 Å². The summed E-state index contributed by atoms with van der Waals surface area (Å²) in [6.45, 7) is 0. The quantitative estimate of drug-likeness (QED) is 0.923. The first kappa shape index (κ1) is 14.9. The summed E-state index contributed by atoms with van der Waals surface area (Å²) in [5, 5.41) is 10.7. The SMILES string of the molecule is CN(C)C1(C(O)Cc2ccc(Br)cn2)CCCCC1. The molecule has 1 fully saturated rings. The number of hydrogen-bond donors (Lipinski definition) is 1. The minimum atomic E-state index is -0.350. The van der Waals surface area contributed by atoms with Crippen molar-refractivity contribution in [3.63, 3.8) is 0 Å². The molecule has 1 unspecified atom stereocenters. The Morgan fingerprint density at radius 1 is 1.32 bits per heavy atom. The van der Waals surface area contributed by atoms with Gasteiger partial charge in [0.15, 0.2) is 0 Å². The lowest BCUT2D eigenvalue weighted by Gasteiger charge is -2.46. The molecule has 0 aromatic carbocycles. The smallest absolute Gasteiger partial charge is 0.0778 e. The summed E-state index contributed by atoms with van der Waals surface area (Å²) in [5.41, 5.74) is 0.884. The fourth-order valence-electron chi connectivity index (χ4n) is 3.16. The van der Waals surface area contributed by atoms with Crippen molar-refractivity contribution in [1.82, 2.24) is 9.88 Å². The molecule has 1 atom stereocenters. The Bertz CT molecular complexity index is 399. The molecule has 4 heteroatoms. The van der Waals surface area contributed by atoms with Crippen LogP contribution < -0.4 is 0 Å². The number of nitrogens with zero attached hydrogens (tertiary/aromatic N) is 2. The van der Waals surface area contributed by atoms with E-state index in [1.807, 2.05) is 12.1 Å². The lowest BCUT2D eigenvalue weighted by Crippen LogP contribution is -2.55. The summed E-state index contributed by atoms with van der Waals surface area (Å²) in [6.07, 6.45) is 7.95. The molecule has 19 heavy (non-hydrogen) atoms. The molecule has 1 aromatic rings. The normalized spacial score (nSPS) is 20.5. The highest BCUT2D eigenvalue weighted by molar-refractivity contribution is 9.10. The van der Waals surface area contributed by atoms with Gasteiger partial charge in [-0.15, -0.1) is 0 Å². The maximum absolute atomic E-state index is 10.7. The van der Waals surface area contributed by atoms with E-state index in [2.05, 4.69) is 39.9 Å². The molecule has 1 aliphatic rings. The first-order chi connectivity index (χ1) is 9.04. The van der Waals surface area contributed by atoms with Gasteiger partial charge in [0.25, 0.3) is 0 Å². The molecule has 0 amide bonds. The molecular weight excluding hydrogens is 304 g/mol. The molecule has 1 aliphatic carbocycles. The van der Waals surface area contributed by atoms with Crippen molar-refractivity contribution < 1.29 is 5.11 Å². The summed E-state index contributed by atoms with van der Waals surface area (Å²) in [6, 6.07) is 3.97. The number of hydrogen-bond acceptors (Lipinski definition) is 3. The van der Waals surface area contributed by atoms with E-state index in [1.54, 1.807) is 6.20 Å². The van der Waals surface area contributed by atoms with Gasteiger partial charge in [0.1, 0.15) is 0 Å². The van der Waals surface area contributed by atoms with Gasteiger partial charge >= 0.3 is 0 Å². The van der Waals surface area contributed by atoms with E-state index in [0.29, 0.717) is 6.42 Å². The van der Waals surface area contributed by atoms with E-state index < -0.39 is 0 Å². The highest BCUT2D eigenvalue weighted by atomic mass is 79.9. The third-order valence-corrected chi connectivity index (χ3v) is 4.89. The average molecular weight is 327 g/mol. The van der Waals surface area contributed by atoms with Crippen molar-refractivity contribution >= 4 is 15.9 Å². The number of aromatic nitrogens is 1. The molecule has 0 radical (unpaired) electrons. The zero-order chi connectivity index (χ0) is 13.9. The summed E-state index contributed by atoms with van der Waals surface area (Å²) in [5.74, 6) is 0. The van der Waals surface area contributed by atoms with Crippen LogP contribution in [0.1, 0.15) is 37.8 Å². The van der Waals surface area contributed by atoms with Gasteiger partial charge in [0.2, 0.25) is 0 Å². The average Bonchev–Trinajstić information content (AvgIpc) is 2.42. The first-order valence-electron chi connectivity index (χ1n) is 7.00. The molecule has 106 valence electrons. The monoisotopic (exact) mass is 326 g/mol. The van der Waals surface area contributed by atoms with Gasteiger partial charge < -0.3 is 10.0 Å². The molecule has 1 aromatic heterocycles. The number of halogens is 1. The van der Waals surface area contributed by atoms with Gasteiger partial charge in [0.05, 0.1) is 6.10 Å². The zero-order valence-electron chi connectivity index (χ0n) is 11.8. The second kappa shape index (κ2) is 6.33. The second-order valence-electron chi connectivity index (χ2n) is 5.75. The third-order valence-electron chi connectivity index (χ3n) is 4.42. The van der Waals surface area contributed by atoms with Crippen LogP contribution in [-0.4, -0.2) is 40.7 Å². The Morgan fingerprint density at radius 3 is 2.53 bits per heavy atom. The van der Waals surface area contributed by atoms with Crippen molar-refractivity contribution in [3.05, 3.63) is 28.5 Å². The Kier molecular flexibility index (Phi) is 4.98. The lowest BCUT2D eigenvalue weighted by atomic mass is 9.75. The van der Waals surface area contributed by atoms with E-state index in [9.17, 15) is 5.11 Å². The van der Waals surface area contributed by atoms with Crippen LogP contribution in [0.15, 0.2) is 22.8 Å². The number of likely N-dealkylation sites (N-methyl/N-ethyl adjacent to an activating group) is 1. The molecule has 1 saturated carbocycles. The number of aliphatic hydroxyl groups excluding tert-OH is 1. The minimum absolute atomic E-state index is 0.0764. The number of rotatable bonds is 4. The van der Waals surface area contributed by atoms with Crippen molar-refractivity contribution in [2.24, 2.45) is 0 Å². The van der Waals surface area contributed by atoms with Crippen molar-refractivity contribution in [1.29, 1.82) is 0 Å². The highest BCUT2D eigenvalue weighted by Gasteiger charge is 2.40. The van der Waals surface area contributed by atoms with E-state index in [0.717, 1.165) is 23.0 Å². The number of pyridine rings is 1. The van der Waals surface area contributed by atoms with Crippen LogP contribution in [-0.2, 0) is 6.42 Å². The Hall–Kier alpha value is -0.450. The van der Waals surface area contributed by atoms with E-state index in [1.165, 1.54) is 19.3 Å². The summed E-state index contributed by atoms with van der Waals surface area (Å²) < 4.78 is 0.978. The third kappa shape index (κ3) is 3.36. The van der Waals surface area contributed by atoms with Gasteiger partial charge in [-0.25, -0.2) is 0 Å². The van der Waals surface area contributed by atoms with Gasteiger partial charge in [-0.3, -0.25) is 4.98 Å². The van der Waals surface area contributed by atoms with Crippen LogP contribution in [0.5, 0.6) is 0 Å². The fraction of sp³-hybridized carbons (Fsp3) is 0.667. The molecule has 0 bridgehead atoms. The maximum atomic E-state index is 10.7. The molecule has 2 rings (SSSR count). The maximum Gasteiger partial charge on any atom is 0.0778 e. The summed E-state index contributed by atoms with van der Waals surface area (Å²) in [4.78, 5) is 6.60. The van der Waals surface area contributed by atoms with E-state index >= 15 is 0 Å². The molecule has 3 nitrogen and oxygen atoms in total. The van der Waals surface area contributed by atoms with Gasteiger partial charge in [-0.05, 0) is 55.0 Å². The van der Waals surface area contributed by atoms with Crippen LogP contribution in [0.2, 0.25) is 0 Å². The standard InChI is InChI=1S/C15H23BrN2O/c1-18(2)15(8-4-3-5-9-15)14(19)10-13-7-6-12(16)11-17-13/h6-7,11,14,19H,3-5,8-10H2,1-2H3. The van der Waals surface area contributed by atoms with E-state index in [4.69, 9.17) is 0 Å². The molecule has 0 saturated heterocycles. The largest absolute Gasteiger partial charge is 0.391 e. The molecule has 0 aliphatic heterocycles. The first-order valence-corrected chi connectivity index (χ1v) is 7.80. The Labute approximate surface area is 124 Å². The van der Waals surface area contributed by atoms with Crippen LogP contribution in [0, 0.1) is 0 Å². The van der Waals surface area contributed by atoms with Crippen LogP contribution in [0.25, 0.3) is 0 Å². The Morgan fingerprint density at radius 2 is 2.00 bits per heavy atom. The van der Waals surface area contributed by atoms with E-state index in [-0.39, 0.29) is 11.6 Å². The zero-order valence-corrected chi connectivity index (χ0v) is 13.4. The predicted molar refractivity (Wildman–Crippen MR) is 81.2 cm³/mol. The Balaban J connectivity index is 2.11. The molecule has 1 heterocycles. The van der Waals surface area contributed by atoms with Crippen LogP contribution >= 0.6 is 15.9 Å². The predicted octanol–water partition coefficient (Wildman–Crippen LogP) is 3.01. The summed E-state index contributed by atoms with van der Waals surface area (Å²) >= 11 is 3.39. The lowest BCUT2D eigenvalue weighted by molar-refractivity contribution is -0.0314. The molecular formula is C15H23BrN2O. The van der Waals surface area contributed by atoms with Crippen LogP contribution in [0.3, 0.4) is 0 Å². The second-order valence-corrected chi connectivity index (χ2v) is 6.66. The fourth-order valence-corrected chi connectivity index (χ4v) is 3.39. The van der Waals surface area contributed by atoms with Crippen molar-refractivity contribution in [2.45, 2.75) is 50.2 Å².